The van der Waals surface area contributed by atoms with Crippen LogP contribution in [0.5, 0.6) is 0 Å². The lowest BCUT2D eigenvalue weighted by molar-refractivity contribution is 0.102. The van der Waals surface area contributed by atoms with E-state index in [9.17, 15) is 13.2 Å². The van der Waals surface area contributed by atoms with Gasteiger partial charge in [-0.1, -0.05) is 29.3 Å². The third-order valence-electron chi connectivity index (χ3n) is 4.37. The summed E-state index contributed by atoms with van der Waals surface area (Å²) in [7, 11) is -3.81. The molecule has 0 aliphatic rings. The van der Waals surface area contributed by atoms with Crippen molar-refractivity contribution >= 4 is 50.5 Å². The molecule has 0 spiro atoms. The lowest BCUT2D eigenvalue weighted by Gasteiger charge is -2.14. The number of rotatable bonds is 5. The molecule has 0 saturated carbocycles. The van der Waals surface area contributed by atoms with Crippen molar-refractivity contribution in [3.63, 3.8) is 0 Å². The second kappa shape index (κ2) is 8.45. The molecule has 29 heavy (non-hydrogen) atoms. The molecular weight excluding hydrogens is 431 g/mol. The van der Waals surface area contributed by atoms with E-state index in [4.69, 9.17) is 23.2 Å². The molecule has 0 saturated heterocycles. The molecule has 3 aromatic carbocycles. The number of carbonyl (C=O) groups is 1. The molecule has 0 aliphatic heterocycles. The van der Waals surface area contributed by atoms with Crippen LogP contribution in [0.25, 0.3) is 0 Å². The molecule has 1 amide bonds. The molecule has 2 N–H and O–H groups in total. The van der Waals surface area contributed by atoms with Gasteiger partial charge in [-0.25, -0.2) is 8.42 Å². The molecule has 0 bridgehead atoms. The molecule has 0 radical (unpaired) electrons. The summed E-state index contributed by atoms with van der Waals surface area (Å²) in [6, 6.07) is 16.0. The summed E-state index contributed by atoms with van der Waals surface area (Å²) in [5.41, 5.74) is 2.63. The lowest BCUT2D eigenvalue weighted by atomic mass is 10.1. The highest BCUT2D eigenvalue weighted by Gasteiger charge is 2.18. The number of amides is 1. The zero-order valence-corrected chi connectivity index (χ0v) is 18.0. The Bertz CT molecular complexity index is 1180. The van der Waals surface area contributed by atoms with E-state index < -0.39 is 10.0 Å². The van der Waals surface area contributed by atoms with Crippen LogP contribution in [0.3, 0.4) is 0 Å². The van der Waals surface area contributed by atoms with E-state index in [1.54, 1.807) is 62.4 Å². The summed E-state index contributed by atoms with van der Waals surface area (Å²) in [5.74, 6) is -0.312. The third kappa shape index (κ3) is 4.90. The van der Waals surface area contributed by atoms with E-state index in [2.05, 4.69) is 10.0 Å². The number of aryl methyl sites for hydroxylation is 1. The number of anilines is 2. The van der Waals surface area contributed by atoms with Crippen LogP contribution in [0.15, 0.2) is 65.6 Å². The van der Waals surface area contributed by atoms with Crippen LogP contribution < -0.4 is 10.0 Å². The summed E-state index contributed by atoms with van der Waals surface area (Å²) in [6.07, 6.45) is 0. The second-order valence-corrected chi connectivity index (χ2v) is 8.98. The Hall–Kier alpha value is -2.54. The minimum absolute atomic E-state index is 0.0823. The number of sulfonamides is 1. The van der Waals surface area contributed by atoms with E-state index >= 15 is 0 Å². The van der Waals surface area contributed by atoms with Gasteiger partial charge >= 0.3 is 0 Å². The number of benzene rings is 3. The molecule has 0 aliphatic carbocycles. The number of hydrogen-bond acceptors (Lipinski definition) is 3. The average molecular weight is 449 g/mol. The smallest absolute Gasteiger partial charge is 0.261 e. The zero-order valence-electron chi connectivity index (χ0n) is 15.7. The SMILES string of the molecule is Cc1cc(S(=O)(=O)Nc2cccc(Cl)c2C)ccc1NC(=O)c1ccc(Cl)cc1. The van der Waals surface area contributed by atoms with Gasteiger partial charge in [0.2, 0.25) is 0 Å². The first-order valence-electron chi connectivity index (χ1n) is 8.63. The first kappa shape index (κ1) is 21.2. The van der Waals surface area contributed by atoms with Gasteiger partial charge < -0.3 is 5.32 Å². The number of nitrogens with one attached hydrogen (secondary N) is 2. The number of carbonyl (C=O) groups excluding carboxylic acids is 1. The maximum atomic E-state index is 12.8. The highest BCUT2D eigenvalue weighted by Crippen LogP contribution is 2.27. The summed E-state index contributed by atoms with van der Waals surface area (Å²) in [5, 5.41) is 3.79. The highest BCUT2D eigenvalue weighted by atomic mass is 35.5. The van der Waals surface area contributed by atoms with Gasteiger partial charge in [-0.2, -0.15) is 0 Å². The summed E-state index contributed by atoms with van der Waals surface area (Å²) >= 11 is 11.9. The van der Waals surface area contributed by atoms with E-state index in [1.807, 2.05) is 0 Å². The monoisotopic (exact) mass is 448 g/mol. The van der Waals surface area contributed by atoms with Crippen LogP contribution in [0.2, 0.25) is 10.0 Å². The largest absolute Gasteiger partial charge is 0.322 e. The predicted octanol–water partition coefficient (Wildman–Crippen LogP) is 5.66. The van der Waals surface area contributed by atoms with Gasteiger partial charge in [-0.3, -0.25) is 9.52 Å². The van der Waals surface area contributed by atoms with Gasteiger partial charge in [-0.05, 0) is 79.6 Å². The van der Waals surface area contributed by atoms with Crippen molar-refractivity contribution in [2.45, 2.75) is 18.7 Å². The average Bonchev–Trinajstić information content (AvgIpc) is 2.67. The zero-order chi connectivity index (χ0) is 21.2. The Balaban J connectivity index is 1.82. The van der Waals surface area contributed by atoms with E-state index in [0.717, 1.165) is 0 Å². The Kier molecular flexibility index (Phi) is 6.17. The molecular formula is C21H18Cl2N2O3S. The van der Waals surface area contributed by atoms with Gasteiger partial charge in [0.1, 0.15) is 0 Å². The van der Waals surface area contributed by atoms with Crippen molar-refractivity contribution in [2.24, 2.45) is 0 Å². The van der Waals surface area contributed by atoms with Crippen molar-refractivity contribution in [3.8, 4) is 0 Å². The quantitative estimate of drug-likeness (QED) is 0.528. The van der Waals surface area contributed by atoms with Crippen molar-refractivity contribution in [2.75, 3.05) is 10.0 Å². The van der Waals surface area contributed by atoms with Gasteiger partial charge in [-0.15, -0.1) is 0 Å². The minimum Gasteiger partial charge on any atom is -0.322 e. The van der Waals surface area contributed by atoms with Gasteiger partial charge in [0, 0.05) is 21.3 Å². The Morgan fingerprint density at radius 2 is 1.59 bits per heavy atom. The Labute approximate surface area is 179 Å². The molecule has 0 atom stereocenters. The Morgan fingerprint density at radius 1 is 0.897 bits per heavy atom. The molecule has 3 rings (SSSR count). The fourth-order valence-corrected chi connectivity index (χ4v) is 4.17. The lowest BCUT2D eigenvalue weighted by Crippen LogP contribution is -2.15. The van der Waals surface area contributed by atoms with Crippen LogP contribution in [-0.2, 0) is 10.0 Å². The topological polar surface area (TPSA) is 75.3 Å². The predicted molar refractivity (Wildman–Crippen MR) is 118 cm³/mol. The standard InChI is InChI=1S/C21H18Cl2N2O3S/c1-13-12-17(29(27,28)25-20-5-3-4-18(23)14(20)2)10-11-19(13)24-21(26)15-6-8-16(22)9-7-15/h3-12,25H,1-2H3,(H,24,26). The fraction of sp³-hybridized carbons (Fsp3) is 0.0952. The van der Waals surface area contributed by atoms with Crippen LogP contribution in [-0.4, -0.2) is 14.3 Å². The normalized spacial score (nSPS) is 11.2. The molecule has 0 aromatic heterocycles. The molecule has 3 aromatic rings. The second-order valence-electron chi connectivity index (χ2n) is 6.46. The molecule has 150 valence electrons. The number of halogens is 2. The van der Waals surface area contributed by atoms with E-state index in [0.29, 0.717) is 38.1 Å². The van der Waals surface area contributed by atoms with Crippen molar-refractivity contribution in [1.82, 2.24) is 0 Å². The van der Waals surface area contributed by atoms with Crippen molar-refractivity contribution < 1.29 is 13.2 Å². The van der Waals surface area contributed by atoms with Crippen LogP contribution >= 0.6 is 23.2 Å². The maximum absolute atomic E-state index is 12.8. The van der Waals surface area contributed by atoms with Crippen LogP contribution in [0, 0.1) is 13.8 Å². The summed E-state index contributed by atoms with van der Waals surface area (Å²) in [4.78, 5) is 12.5. The van der Waals surface area contributed by atoms with Crippen LogP contribution in [0.4, 0.5) is 11.4 Å². The van der Waals surface area contributed by atoms with Crippen molar-refractivity contribution in [3.05, 3.63) is 87.4 Å². The fourth-order valence-electron chi connectivity index (χ4n) is 2.66. The van der Waals surface area contributed by atoms with Crippen molar-refractivity contribution in [1.29, 1.82) is 0 Å². The molecule has 0 unspecified atom stereocenters. The molecule has 8 heteroatoms. The Morgan fingerprint density at radius 3 is 2.24 bits per heavy atom. The first-order chi connectivity index (χ1) is 13.7. The van der Waals surface area contributed by atoms with Gasteiger partial charge in [0.05, 0.1) is 10.6 Å². The van der Waals surface area contributed by atoms with Gasteiger partial charge in [0.15, 0.2) is 0 Å². The molecule has 0 fully saturated rings. The number of hydrogen-bond donors (Lipinski definition) is 2. The molecule has 5 nitrogen and oxygen atoms in total. The summed E-state index contributed by atoms with van der Waals surface area (Å²) in [6.45, 7) is 3.46. The van der Waals surface area contributed by atoms with E-state index in [-0.39, 0.29) is 10.8 Å². The minimum atomic E-state index is -3.81. The third-order valence-corrected chi connectivity index (χ3v) is 6.40. The first-order valence-corrected chi connectivity index (χ1v) is 10.9. The summed E-state index contributed by atoms with van der Waals surface area (Å²) < 4.78 is 28.1. The van der Waals surface area contributed by atoms with Gasteiger partial charge in [0.25, 0.3) is 15.9 Å². The molecule has 0 heterocycles. The maximum Gasteiger partial charge on any atom is 0.261 e. The highest BCUT2D eigenvalue weighted by molar-refractivity contribution is 7.92. The van der Waals surface area contributed by atoms with Crippen LogP contribution in [0.1, 0.15) is 21.5 Å². The van der Waals surface area contributed by atoms with E-state index in [1.165, 1.54) is 12.1 Å².